The van der Waals surface area contributed by atoms with Gasteiger partial charge in [0.2, 0.25) is 0 Å². The summed E-state index contributed by atoms with van der Waals surface area (Å²) >= 11 is 0. The van der Waals surface area contributed by atoms with Crippen molar-refractivity contribution >= 4 is 12.1 Å². The summed E-state index contributed by atoms with van der Waals surface area (Å²) < 4.78 is 4.49. The minimum atomic E-state index is -1.10. The number of hydrogen-bond acceptors (Lipinski definition) is 3. The normalized spacial score (nSPS) is 11.8. The zero-order valence-corrected chi connectivity index (χ0v) is 6.74. The topological polar surface area (TPSA) is 89.6 Å². The van der Waals surface area contributed by atoms with Gasteiger partial charge in [-0.1, -0.05) is 6.58 Å². The molecule has 0 heterocycles. The van der Waals surface area contributed by atoms with E-state index in [2.05, 4.69) is 11.3 Å². The largest absolute Gasteiger partial charge is 0.478 e. The van der Waals surface area contributed by atoms with Crippen LogP contribution in [0.25, 0.3) is 0 Å². The van der Waals surface area contributed by atoms with Crippen LogP contribution in [0.1, 0.15) is 13.3 Å². The van der Waals surface area contributed by atoms with E-state index in [4.69, 9.17) is 10.8 Å². The van der Waals surface area contributed by atoms with Crippen molar-refractivity contribution in [1.82, 2.24) is 0 Å². The van der Waals surface area contributed by atoms with Crippen molar-refractivity contribution in [1.29, 1.82) is 0 Å². The first-order valence-electron chi connectivity index (χ1n) is 3.30. The van der Waals surface area contributed by atoms with E-state index in [0.717, 1.165) is 0 Å². The molecule has 0 aliphatic carbocycles. The van der Waals surface area contributed by atoms with Gasteiger partial charge < -0.3 is 15.6 Å². The van der Waals surface area contributed by atoms with Gasteiger partial charge in [0, 0.05) is 12.0 Å². The highest BCUT2D eigenvalue weighted by atomic mass is 16.6. The summed E-state index contributed by atoms with van der Waals surface area (Å²) in [4.78, 5) is 20.4. The molecule has 0 bridgehead atoms. The molecule has 0 aromatic rings. The van der Waals surface area contributed by atoms with Gasteiger partial charge in [-0.15, -0.1) is 0 Å². The smallest absolute Gasteiger partial charge is 0.404 e. The highest BCUT2D eigenvalue weighted by Gasteiger charge is 2.11. The summed E-state index contributed by atoms with van der Waals surface area (Å²) in [6, 6.07) is 0. The number of hydrogen-bond donors (Lipinski definition) is 2. The summed E-state index contributed by atoms with van der Waals surface area (Å²) in [6.45, 7) is 4.81. The molecule has 0 saturated heterocycles. The molecule has 12 heavy (non-hydrogen) atoms. The number of aliphatic carboxylic acids is 1. The molecule has 5 nitrogen and oxygen atoms in total. The van der Waals surface area contributed by atoms with E-state index >= 15 is 0 Å². The van der Waals surface area contributed by atoms with Crippen molar-refractivity contribution in [3.63, 3.8) is 0 Å². The number of carboxylic acid groups (broad SMARTS) is 1. The van der Waals surface area contributed by atoms with Crippen molar-refractivity contribution in [2.45, 2.75) is 19.4 Å². The fourth-order valence-corrected chi connectivity index (χ4v) is 0.674. The van der Waals surface area contributed by atoms with Gasteiger partial charge in [-0.3, -0.25) is 0 Å². The van der Waals surface area contributed by atoms with Crippen LogP contribution in [0.4, 0.5) is 4.79 Å². The van der Waals surface area contributed by atoms with Crippen LogP contribution >= 0.6 is 0 Å². The van der Waals surface area contributed by atoms with Gasteiger partial charge in [-0.25, -0.2) is 9.59 Å². The number of rotatable bonds is 4. The predicted octanol–water partition coefficient (Wildman–Crippen LogP) is 0.501. The maximum Gasteiger partial charge on any atom is 0.404 e. The second-order valence-corrected chi connectivity index (χ2v) is 2.36. The highest BCUT2D eigenvalue weighted by molar-refractivity contribution is 5.85. The fraction of sp³-hybridized carbons (Fsp3) is 0.429. The van der Waals surface area contributed by atoms with Gasteiger partial charge in [0.05, 0.1) is 0 Å². The molecule has 1 unspecified atom stereocenters. The SMILES string of the molecule is C=C(CC(C)OC(N)=O)C(=O)O. The predicted molar refractivity (Wildman–Crippen MR) is 41.5 cm³/mol. The Balaban J connectivity index is 3.84. The molecule has 1 atom stereocenters. The Morgan fingerprint density at radius 3 is 2.50 bits per heavy atom. The molecular weight excluding hydrogens is 162 g/mol. The summed E-state index contributed by atoms with van der Waals surface area (Å²) in [5, 5.41) is 8.39. The van der Waals surface area contributed by atoms with Gasteiger partial charge in [-0.2, -0.15) is 0 Å². The Morgan fingerprint density at radius 1 is 1.67 bits per heavy atom. The van der Waals surface area contributed by atoms with E-state index in [1.54, 1.807) is 6.92 Å². The molecule has 68 valence electrons. The average molecular weight is 173 g/mol. The van der Waals surface area contributed by atoms with E-state index in [9.17, 15) is 9.59 Å². The minimum absolute atomic E-state index is 0.0104. The van der Waals surface area contributed by atoms with Crippen molar-refractivity contribution in [3.05, 3.63) is 12.2 Å². The molecule has 0 aliphatic rings. The standard InChI is InChI=1S/C7H11NO4/c1-4(6(9)10)3-5(2)12-7(8)11/h5H,1,3H2,2H3,(H2,8,11)(H,9,10). The lowest BCUT2D eigenvalue weighted by Crippen LogP contribution is -2.21. The van der Waals surface area contributed by atoms with E-state index in [0.29, 0.717) is 0 Å². The van der Waals surface area contributed by atoms with Crippen LogP contribution in [0.5, 0.6) is 0 Å². The molecule has 0 aromatic heterocycles. The second kappa shape index (κ2) is 4.38. The Bertz CT molecular complexity index is 211. The number of ether oxygens (including phenoxy) is 1. The Labute approximate surface area is 69.8 Å². The van der Waals surface area contributed by atoms with Crippen LogP contribution in [-0.2, 0) is 9.53 Å². The van der Waals surface area contributed by atoms with E-state index < -0.39 is 18.2 Å². The Hall–Kier alpha value is -1.52. The van der Waals surface area contributed by atoms with Crippen LogP contribution in [0.15, 0.2) is 12.2 Å². The molecule has 0 saturated carbocycles. The third-order valence-corrected chi connectivity index (χ3v) is 1.15. The minimum Gasteiger partial charge on any atom is -0.478 e. The first kappa shape index (κ1) is 10.5. The Kier molecular flexibility index (Phi) is 3.82. The van der Waals surface area contributed by atoms with Crippen LogP contribution < -0.4 is 5.73 Å². The monoisotopic (exact) mass is 173 g/mol. The van der Waals surface area contributed by atoms with Crippen molar-refractivity contribution in [3.8, 4) is 0 Å². The molecule has 0 fully saturated rings. The number of carboxylic acids is 1. The van der Waals surface area contributed by atoms with Crippen molar-refractivity contribution in [2.24, 2.45) is 5.73 Å². The number of nitrogens with two attached hydrogens (primary N) is 1. The fourth-order valence-electron chi connectivity index (χ4n) is 0.674. The second-order valence-electron chi connectivity index (χ2n) is 2.36. The van der Waals surface area contributed by atoms with E-state index in [1.165, 1.54) is 0 Å². The van der Waals surface area contributed by atoms with E-state index in [-0.39, 0.29) is 12.0 Å². The van der Waals surface area contributed by atoms with Gasteiger partial charge >= 0.3 is 12.1 Å². The molecule has 0 rings (SSSR count). The lowest BCUT2D eigenvalue weighted by atomic mass is 10.1. The zero-order chi connectivity index (χ0) is 9.72. The van der Waals surface area contributed by atoms with Crippen LogP contribution in [0.2, 0.25) is 0 Å². The average Bonchev–Trinajstić information content (AvgIpc) is 1.84. The lowest BCUT2D eigenvalue weighted by Gasteiger charge is -2.10. The number of carbonyl (C=O) groups is 2. The number of carbonyl (C=O) groups excluding carboxylic acids is 1. The van der Waals surface area contributed by atoms with Crippen LogP contribution in [0, 0.1) is 0 Å². The van der Waals surface area contributed by atoms with Crippen LogP contribution in [0.3, 0.4) is 0 Å². The van der Waals surface area contributed by atoms with Gasteiger partial charge in [0.25, 0.3) is 0 Å². The first-order valence-corrected chi connectivity index (χ1v) is 3.30. The first-order chi connectivity index (χ1) is 5.43. The number of amides is 1. The molecule has 3 N–H and O–H groups in total. The maximum absolute atomic E-state index is 10.2. The van der Waals surface area contributed by atoms with Crippen LogP contribution in [-0.4, -0.2) is 23.3 Å². The molecule has 5 heteroatoms. The molecular formula is C7H11NO4. The third-order valence-electron chi connectivity index (χ3n) is 1.15. The Morgan fingerprint density at radius 2 is 2.17 bits per heavy atom. The maximum atomic E-state index is 10.2. The van der Waals surface area contributed by atoms with E-state index in [1.807, 2.05) is 0 Å². The summed E-state index contributed by atoms with van der Waals surface area (Å²) in [5.41, 5.74) is 4.70. The third kappa shape index (κ3) is 4.32. The zero-order valence-electron chi connectivity index (χ0n) is 6.74. The lowest BCUT2D eigenvalue weighted by molar-refractivity contribution is -0.133. The van der Waals surface area contributed by atoms with Crippen molar-refractivity contribution in [2.75, 3.05) is 0 Å². The summed E-state index contributed by atoms with van der Waals surface area (Å²) in [6.07, 6.45) is -1.38. The highest BCUT2D eigenvalue weighted by Crippen LogP contribution is 2.05. The molecule has 0 aliphatic heterocycles. The molecule has 0 radical (unpaired) electrons. The van der Waals surface area contributed by atoms with Gasteiger partial charge in [0.1, 0.15) is 6.10 Å². The molecule has 0 aromatic carbocycles. The summed E-state index contributed by atoms with van der Waals surface area (Å²) in [7, 11) is 0. The van der Waals surface area contributed by atoms with Gasteiger partial charge in [-0.05, 0) is 6.92 Å². The molecule has 0 spiro atoms. The summed E-state index contributed by atoms with van der Waals surface area (Å²) in [5.74, 6) is -1.10. The number of primary amides is 1. The van der Waals surface area contributed by atoms with Gasteiger partial charge in [0.15, 0.2) is 0 Å². The quantitative estimate of drug-likeness (QED) is 0.606. The van der Waals surface area contributed by atoms with Crippen molar-refractivity contribution < 1.29 is 19.4 Å². The molecule has 1 amide bonds.